The molecule has 26 heavy (non-hydrogen) atoms. The molecule has 2 aliphatic carbocycles. The number of hydrogen-bond donors (Lipinski definition) is 1. The molecule has 1 saturated heterocycles. The number of aliphatic hydroxyl groups excluding tert-OH is 1. The molecule has 1 aromatic rings. The van der Waals surface area contributed by atoms with Crippen LogP contribution in [0.25, 0.3) is 0 Å². The van der Waals surface area contributed by atoms with Crippen molar-refractivity contribution in [1.82, 2.24) is 0 Å². The van der Waals surface area contributed by atoms with E-state index in [0.29, 0.717) is 21.9 Å². The van der Waals surface area contributed by atoms with Crippen LogP contribution in [0.5, 0.6) is 0 Å². The van der Waals surface area contributed by atoms with Crippen molar-refractivity contribution < 1.29 is 14.3 Å². The number of carbonyl (C=O) groups excluding carboxylic acids is 1. The minimum Gasteiger partial charge on any atom is -0.512 e. The Morgan fingerprint density at radius 2 is 2.12 bits per heavy atom. The van der Waals surface area contributed by atoms with Crippen LogP contribution in [0.1, 0.15) is 29.9 Å². The molecule has 1 saturated carbocycles. The fourth-order valence-corrected chi connectivity index (χ4v) is 4.86. The number of Topliss-reactive ketones (excluding diaryl/α,β-unsaturated/α-hetero) is 1. The van der Waals surface area contributed by atoms with E-state index in [4.69, 9.17) is 11.6 Å². The molecular weight excluding hydrogens is 353 g/mol. The second kappa shape index (κ2) is 5.46. The molecule has 0 radical (unpaired) electrons. The first-order valence-electron chi connectivity index (χ1n) is 9.04. The van der Waals surface area contributed by atoms with Gasteiger partial charge in [0.25, 0.3) is 0 Å². The summed E-state index contributed by atoms with van der Waals surface area (Å²) in [6.07, 6.45) is 7.60. The average Bonchev–Trinajstić information content (AvgIpc) is 3.40. The van der Waals surface area contributed by atoms with E-state index in [1.54, 1.807) is 13.0 Å². The highest BCUT2D eigenvalue weighted by atomic mass is 35.5. The SMILES string of the molecule is Cc1ccc2c(c1F)N1CC(=O)C(=C(O)C3CC3)C1C1C=CC(Cl)=CC21. The van der Waals surface area contributed by atoms with Crippen molar-refractivity contribution in [3.8, 4) is 0 Å². The van der Waals surface area contributed by atoms with Crippen LogP contribution >= 0.6 is 11.6 Å². The monoisotopic (exact) mass is 371 g/mol. The van der Waals surface area contributed by atoms with Gasteiger partial charge in [-0.15, -0.1) is 0 Å². The molecule has 0 bridgehead atoms. The Bertz CT molecular complexity index is 928. The second-order valence-electron chi connectivity index (χ2n) is 7.72. The largest absolute Gasteiger partial charge is 0.512 e. The summed E-state index contributed by atoms with van der Waals surface area (Å²) in [7, 11) is 0. The van der Waals surface area contributed by atoms with Crippen molar-refractivity contribution in [2.45, 2.75) is 31.7 Å². The number of ketones is 1. The molecule has 0 amide bonds. The van der Waals surface area contributed by atoms with Crippen molar-refractivity contribution in [3.63, 3.8) is 0 Å². The van der Waals surface area contributed by atoms with E-state index in [1.807, 2.05) is 29.2 Å². The molecule has 1 N–H and O–H groups in total. The fraction of sp³-hybridized carbons (Fsp3) is 0.381. The summed E-state index contributed by atoms with van der Waals surface area (Å²) in [6.45, 7) is 1.84. The Hall–Kier alpha value is -2.07. The van der Waals surface area contributed by atoms with E-state index >= 15 is 4.39 Å². The first-order chi connectivity index (χ1) is 12.5. The number of benzene rings is 1. The first-order valence-corrected chi connectivity index (χ1v) is 9.42. The van der Waals surface area contributed by atoms with Crippen LogP contribution in [-0.4, -0.2) is 23.5 Å². The topological polar surface area (TPSA) is 40.5 Å². The number of allylic oxidation sites excluding steroid dienone is 4. The van der Waals surface area contributed by atoms with E-state index in [2.05, 4.69) is 0 Å². The molecule has 134 valence electrons. The highest BCUT2D eigenvalue weighted by molar-refractivity contribution is 6.31. The maximum absolute atomic E-state index is 15.1. The third kappa shape index (κ3) is 2.14. The average molecular weight is 372 g/mol. The van der Waals surface area contributed by atoms with Gasteiger partial charge in [0.15, 0.2) is 5.78 Å². The maximum atomic E-state index is 15.1. The molecule has 2 aliphatic heterocycles. The third-order valence-electron chi connectivity index (χ3n) is 6.07. The Kier molecular flexibility index (Phi) is 3.39. The molecule has 5 rings (SSSR count). The van der Waals surface area contributed by atoms with E-state index in [9.17, 15) is 9.90 Å². The summed E-state index contributed by atoms with van der Waals surface area (Å²) in [5, 5.41) is 11.3. The number of hydrogen-bond acceptors (Lipinski definition) is 3. The van der Waals surface area contributed by atoms with E-state index in [0.717, 1.165) is 18.4 Å². The minimum atomic E-state index is -0.339. The van der Waals surface area contributed by atoms with Crippen molar-refractivity contribution in [2.75, 3.05) is 11.4 Å². The van der Waals surface area contributed by atoms with Crippen LogP contribution in [0, 0.1) is 24.6 Å². The smallest absolute Gasteiger partial charge is 0.183 e. The van der Waals surface area contributed by atoms with Gasteiger partial charge < -0.3 is 10.0 Å². The molecule has 3 nitrogen and oxygen atoms in total. The standard InChI is InChI=1S/C21H19ClFNO2/c1-10-2-6-14-15-8-12(22)5-7-13(15)19-17(21(26)11-3-4-11)16(25)9-24(19)20(14)18(10)23/h2,5-8,11,13,15,19,26H,3-4,9H2,1H3. The maximum Gasteiger partial charge on any atom is 0.183 e. The first kappa shape index (κ1) is 16.1. The number of rotatable bonds is 1. The number of carbonyl (C=O) groups is 1. The number of fused-ring (bicyclic) bond motifs is 6. The molecule has 2 fully saturated rings. The number of anilines is 1. The van der Waals surface area contributed by atoms with Crippen LogP contribution in [0.4, 0.5) is 10.1 Å². The highest BCUT2D eigenvalue weighted by Crippen LogP contribution is 2.52. The van der Waals surface area contributed by atoms with Gasteiger partial charge in [0, 0.05) is 22.8 Å². The summed E-state index contributed by atoms with van der Waals surface area (Å²) < 4.78 is 15.1. The fourth-order valence-electron chi connectivity index (χ4n) is 4.65. The minimum absolute atomic E-state index is 0.0468. The summed E-state index contributed by atoms with van der Waals surface area (Å²) in [5.41, 5.74) is 2.37. The summed E-state index contributed by atoms with van der Waals surface area (Å²) in [4.78, 5) is 14.7. The van der Waals surface area contributed by atoms with Crippen LogP contribution in [-0.2, 0) is 4.79 Å². The Morgan fingerprint density at radius 3 is 2.85 bits per heavy atom. The molecule has 4 aliphatic rings. The van der Waals surface area contributed by atoms with E-state index in [-0.39, 0.29) is 47.7 Å². The van der Waals surface area contributed by atoms with Crippen molar-refractivity contribution in [1.29, 1.82) is 0 Å². The lowest BCUT2D eigenvalue weighted by atomic mass is 9.72. The molecular formula is C21H19ClFNO2. The van der Waals surface area contributed by atoms with Crippen LogP contribution in [0.15, 0.2) is 46.7 Å². The lowest BCUT2D eigenvalue weighted by molar-refractivity contribution is -0.113. The zero-order valence-corrected chi connectivity index (χ0v) is 15.1. The quantitative estimate of drug-likeness (QED) is 0.583. The van der Waals surface area contributed by atoms with Crippen LogP contribution in [0.3, 0.4) is 0 Å². The van der Waals surface area contributed by atoms with Gasteiger partial charge in [-0.3, -0.25) is 4.79 Å². The van der Waals surface area contributed by atoms with E-state index in [1.165, 1.54) is 0 Å². The molecule has 5 heteroatoms. The Balaban J connectivity index is 1.76. The van der Waals surface area contributed by atoms with E-state index < -0.39 is 0 Å². The lowest BCUT2D eigenvalue weighted by Gasteiger charge is -2.43. The number of halogens is 2. The summed E-state index contributed by atoms with van der Waals surface area (Å²) in [6, 6.07) is 3.38. The second-order valence-corrected chi connectivity index (χ2v) is 8.15. The van der Waals surface area contributed by atoms with Gasteiger partial charge in [-0.2, -0.15) is 0 Å². The zero-order valence-electron chi connectivity index (χ0n) is 14.4. The highest BCUT2D eigenvalue weighted by Gasteiger charge is 2.51. The molecule has 3 unspecified atom stereocenters. The number of aliphatic hydroxyl groups is 1. The predicted molar refractivity (Wildman–Crippen MR) is 99.0 cm³/mol. The van der Waals surface area contributed by atoms with Gasteiger partial charge in [-0.05, 0) is 37.0 Å². The third-order valence-corrected chi connectivity index (χ3v) is 6.32. The van der Waals surface area contributed by atoms with Gasteiger partial charge in [0.05, 0.1) is 23.8 Å². The molecule has 2 heterocycles. The Morgan fingerprint density at radius 1 is 1.35 bits per heavy atom. The van der Waals surface area contributed by atoms with Crippen molar-refractivity contribution in [3.05, 3.63) is 63.7 Å². The number of nitrogens with zero attached hydrogens (tertiary/aromatic N) is 1. The molecule has 0 aromatic heterocycles. The summed E-state index contributed by atoms with van der Waals surface area (Å²) >= 11 is 6.24. The predicted octanol–water partition coefficient (Wildman–Crippen LogP) is 4.52. The van der Waals surface area contributed by atoms with Gasteiger partial charge in [0.1, 0.15) is 11.6 Å². The van der Waals surface area contributed by atoms with Gasteiger partial charge in [-0.1, -0.05) is 35.9 Å². The number of aryl methyl sites for hydroxylation is 1. The summed E-state index contributed by atoms with van der Waals surface area (Å²) in [5.74, 6) is -0.234. The van der Waals surface area contributed by atoms with Gasteiger partial charge >= 0.3 is 0 Å². The van der Waals surface area contributed by atoms with Gasteiger partial charge in [-0.25, -0.2) is 4.39 Å². The van der Waals surface area contributed by atoms with Gasteiger partial charge in [0.2, 0.25) is 0 Å². The molecule has 0 spiro atoms. The molecule has 3 atom stereocenters. The van der Waals surface area contributed by atoms with Crippen molar-refractivity contribution >= 4 is 23.1 Å². The zero-order chi connectivity index (χ0) is 18.2. The van der Waals surface area contributed by atoms with Crippen LogP contribution < -0.4 is 4.90 Å². The molecule has 1 aromatic carbocycles. The van der Waals surface area contributed by atoms with Crippen LogP contribution in [0.2, 0.25) is 0 Å². The normalized spacial score (nSPS) is 31.3. The van der Waals surface area contributed by atoms with Crippen molar-refractivity contribution in [2.24, 2.45) is 11.8 Å². The Labute approximate surface area is 156 Å². The lowest BCUT2D eigenvalue weighted by Crippen LogP contribution is -2.44.